The molecule has 0 radical (unpaired) electrons. The second-order valence-electron chi connectivity index (χ2n) is 8.41. The lowest BCUT2D eigenvalue weighted by Gasteiger charge is -2.34. The molecule has 3 aromatic rings. The first-order chi connectivity index (χ1) is 15.6. The van der Waals surface area contributed by atoms with E-state index < -0.39 is 10.0 Å². The maximum Gasteiger partial charge on any atom is 0.257 e. The zero-order valence-electron chi connectivity index (χ0n) is 18.1. The van der Waals surface area contributed by atoms with E-state index in [1.807, 2.05) is 0 Å². The van der Waals surface area contributed by atoms with E-state index in [9.17, 15) is 13.2 Å². The molecule has 1 amide bonds. The number of rotatable bonds is 5. The quantitative estimate of drug-likeness (QED) is 0.442. The van der Waals surface area contributed by atoms with Crippen LogP contribution in [0.2, 0.25) is 10.0 Å². The van der Waals surface area contributed by atoms with Crippen molar-refractivity contribution in [2.45, 2.75) is 25.2 Å². The van der Waals surface area contributed by atoms with Gasteiger partial charge in [-0.2, -0.15) is 4.31 Å². The van der Waals surface area contributed by atoms with E-state index in [2.05, 4.69) is 24.1 Å². The van der Waals surface area contributed by atoms with Crippen LogP contribution < -0.4 is 5.32 Å². The molecule has 6 nitrogen and oxygen atoms in total. The Morgan fingerprint density at radius 2 is 1.76 bits per heavy atom. The fourth-order valence-corrected chi connectivity index (χ4v) is 6.82. The standard InChI is InChI=1S/C23H23Cl2N3O3S2/c1-14-9-15(2)12-28(11-14)33(30,31)18-6-3-16(4-7-18)22(29)27-23-26-21(13-32-23)19-10-17(24)5-8-20(19)25/h3-8,10,13-15H,9,11-12H2,1-2H3,(H,26,27,29)/t14-,15-/m1/s1. The van der Waals surface area contributed by atoms with Crippen LogP contribution >= 0.6 is 34.5 Å². The number of nitrogens with one attached hydrogen (secondary N) is 1. The average molecular weight is 524 g/mol. The summed E-state index contributed by atoms with van der Waals surface area (Å²) < 4.78 is 27.6. The van der Waals surface area contributed by atoms with E-state index in [-0.39, 0.29) is 10.8 Å². The van der Waals surface area contributed by atoms with Gasteiger partial charge in [-0.15, -0.1) is 11.3 Å². The van der Waals surface area contributed by atoms with Crippen LogP contribution in [0, 0.1) is 11.8 Å². The largest absolute Gasteiger partial charge is 0.298 e. The minimum Gasteiger partial charge on any atom is -0.298 e. The van der Waals surface area contributed by atoms with E-state index in [0.717, 1.165) is 6.42 Å². The molecule has 0 saturated carbocycles. The maximum atomic E-state index is 13.0. The molecular formula is C23H23Cl2N3O3S2. The molecular weight excluding hydrogens is 501 g/mol. The number of nitrogens with zero attached hydrogens (tertiary/aromatic N) is 2. The molecule has 2 aromatic carbocycles. The number of aromatic nitrogens is 1. The highest BCUT2D eigenvalue weighted by Crippen LogP contribution is 2.33. The molecule has 4 rings (SSSR count). The summed E-state index contributed by atoms with van der Waals surface area (Å²) in [7, 11) is -3.60. The van der Waals surface area contributed by atoms with Gasteiger partial charge in [-0.1, -0.05) is 37.0 Å². The zero-order chi connectivity index (χ0) is 23.8. The van der Waals surface area contributed by atoms with Gasteiger partial charge < -0.3 is 0 Å². The SMILES string of the molecule is C[C@@H]1C[C@@H](C)CN(S(=O)(=O)c2ccc(C(=O)Nc3nc(-c4cc(Cl)ccc4Cl)cs3)cc2)C1. The smallest absolute Gasteiger partial charge is 0.257 e. The van der Waals surface area contributed by atoms with Crippen LogP contribution in [0.1, 0.15) is 30.6 Å². The van der Waals surface area contributed by atoms with E-state index in [0.29, 0.717) is 56.9 Å². The van der Waals surface area contributed by atoms with Crippen LogP contribution in [0.15, 0.2) is 52.7 Å². The van der Waals surface area contributed by atoms with Gasteiger partial charge in [-0.05, 0) is 60.7 Å². The number of piperidine rings is 1. The normalized spacial score (nSPS) is 19.4. The van der Waals surface area contributed by atoms with Crippen molar-refractivity contribution >= 4 is 55.6 Å². The third-order valence-corrected chi connectivity index (χ3v) is 8.69. The number of sulfonamides is 1. The molecule has 0 spiro atoms. The lowest BCUT2D eigenvalue weighted by Crippen LogP contribution is -2.42. The van der Waals surface area contributed by atoms with Crippen molar-refractivity contribution in [3.63, 3.8) is 0 Å². The minimum absolute atomic E-state index is 0.187. The summed E-state index contributed by atoms with van der Waals surface area (Å²) in [6.45, 7) is 5.15. The third-order valence-electron chi connectivity index (χ3n) is 5.52. The first-order valence-electron chi connectivity index (χ1n) is 10.5. The van der Waals surface area contributed by atoms with Crippen molar-refractivity contribution in [2.24, 2.45) is 11.8 Å². The predicted molar refractivity (Wildman–Crippen MR) is 134 cm³/mol. The summed E-state index contributed by atoms with van der Waals surface area (Å²) in [5, 5.41) is 5.98. The molecule has 0 unspecified atom stereocenters. The van der Waals surface area contributed by atoms with E-state index in [1.54, 1.807) is 27.9 Å². The van der Waals surface area contributed by atoms with Crippen molar-refractivity contribution in [2.75, 3.05) is 18.4 Å². The van der Waals surface area contributed by atoms with Crippen molar-refractivity contribution in [1.82, 2.24) is 9.29 Å². The number of carbonyl (C=O) groups is 1. The van der Waals surface area contributed by atoms with Crippen molar-refractivity contribution < 1.29 is 13.2 Å². The van der Waals surface area contributed by atoms with Gasteiger partial charge in [0.1, 0.15) is 0 Å². The first-order valence-corrected chi connectivity index (χ1v) is 13.5. The molecule has 1 N–H and O–H groups in total. The van der Waals surface area contributed by atoms with Gasteiger partial charge in [0.15, 0.2) is 5.13 Å². The number of thiazole rings is 1. The zero-order valence-corrected chi connectivity index (χ0v) is 21.2. The number of halogens is 2. The summed E-state index contributed by atoms with van der Waals surface area (Å²) in [6, 6.07) is 11.1. The molecule has 0 aliphatic carbocycles. The molecule has 1 fully saturated rings. The Hall–Kier alpha value is -1.97. The molecule has 2 heterocycles. The predicted octanol–water partition coefficient (Wildman–Crippen LogP) is 6.04. The Kier molecular flexibility index (Phi) is 7.12. The number of benzene rings is 2. The number of amides is 1. The molecule has 1 aliphatic rings. The highest BCUT2D eigenvalue weighted by Gasteiger charge is 2.31. The average Bonchev–Trinajstić information content (AvgIpc) is 3.23. The Bertz CT molecular complexity index is 1270. The van der Waals surface area contributed by atoms with Gasteiger partial charge in [0.2, 0.25) is 10.0 Å². The van der Waals surface area contributed by atoms with Crippen LogP contribution in [0.4, 0.5) is 5.13 Å². The van der Waals surface area contributed by atoms with Gasteiger partial charge in [-0.25, -0.2) is 13.4 Å². The fourth-order valence-electron chi connectivity index (χ4n) is 4.05. The molecule has 2 atom stereocenters. The highest BCUT2D eigenvalue weighted by atomic mass is 35.5. The van der Waals surface area contributed by atoms with Crippen LogP contribution in [0.5, 0.6) is 0 Å². The van der Waals surface area contributed by atoms with Crippen LogP contribution in [0.3, 0.4) is 0 Å². The van der Waals surface area contributed by atoms with Crippen molar-refractivity contribution in [3.05, 3.63) is 63.5 Å². The van der Waals surface area contributed by atoms with Crippen LogP contribution in [-0.4, -0.2) is 36.7 Å². The Morgan fingerprint density at radius 1 is 1.09 bits per heavy atom. The monoisotopic (exact) mass is 523 g/mol. The van der Waals surface area contributed by atoms with Crippen LogP contribution in [-0.2, 0) is 10.0 Å². The summed E-state index contributed by atoms with van der Waals surface area (Å²) in [5.41, 5.74) is 1.62. The maximum absolute atomic E-state index is 13.0. The van der Waals surface area contributed by atoms with Crippen molar-refractivity contribution in [1.29, 1.82) is 0 Å². The van der Waals surface area contributed by atoms with Gasteiger partial charge in [0, 0.05) is 34.6 Å². The topological polar surface area (TPSA) is 79.4 Å². The fraction of sp³-hybridized carbons (Fsp3) is 0.304. The summed E-state index contributed by atoms with van der Waals surface area (Å²) in [4.78, 5) is 17.3. The molecule has 1 saturated heterocycles. The summed E-state index contributed by atoms with van der Waals surface area (Å²) in [5.74, 6) is 0.259. The minimum atomic E-state index is -3.60. The number of hydrogen-bond donors (Lipinski definition) is 1. The third kappa shape index (κ3) is 5.41. The second-order valence-corrected chi connectivity index (χ2v) is 12.0. The molecule has 33 heavy (non-hydrogen) atoms. The Labute approximate surface area is 207 Å². The molecule has 10 heteroatoms. The van der Waals surface area contributed by atoms with Crippen LogP contribution in [0.25, 0.3) is 11.3 Å². The molecule has 1 aromatic heterocycles. The number of anilines is 1. The lowest BCUT2D eigenvalue weighted by molar-refractivity contribution is 0.102. The highest BCUT2D eigenvalue weighted by molar-refractivity contribution is 7.89. The molecule has 0 bridgehead atoms. The van der Waals surface area contributed by atoms with E-state index in [1.165, 1.54) is 35.6 Å². The molecule has 174 valence electrons. The number of hydrogen-bond acceptors (Lipinski definition) is 5. The summed E-state index contributed by atoms with van der Waals surface area (Å²) >= 11 is 13.5. The second kappa shape index (κ2) is 9.72. The summed E-state index contributed by atoms with van der Waals surface area (Å²) in [6.07, 6.45) is 1.02. The van der Waals surface area contributed by atoms with Gasteiger partial charge in [0.25, 0.3) is 5.91 Å². The van der Waals surface area contributed by atoms with Gasteiger partial charge >= 0.3 is 0 Å². The Morgan fingerprint density at radius 3 is 2.42 bits per heavy atom. The van der Waals surface area contributed by atoms with E-state index in [4.69, 9.17) is 23.2 Å². The Balaban J connectivity index is 1.47. The van der Waals surface area contributed by atoms with Gasteiger partial charge in [0.05, 0.1) is 15.6 Å². The molecule has 1 aliphatic heterocycles. The number of carbonyl (C=O) groups excluding carboxylic acids is 1. The van der Waals surface area contributed by atoms with E-state index >= 15 is 0 Å². The first kappa shape index (κ1) is 24.2. The van der Waals surface area contributed by atoms with Crippen molar-refractivity contribution in [3.8, 4) is 11.3 Å². The lowest BCUT2D eigenvalue weighted by atomic mass is 9.94. The van der Waals surface area contributed by atoms with Gasteiger partial charge in [-0.3, -0.25) is 10.1 Å².